The summed E-state index contributed by atoms with van der Waals surface area (Å²) in [6, 6.07) is 27.4. The molecule has 0 fully saturated rings. The third-order valence-corrected chi connectivity index (χ3v) is 6.23. The van der Waals surface area contributed by atoms with Crippen LogP contribution in [0.5, 0.6) is 17.2 Å². The zero-order valence-corrected chi connectivity index (χ0v) is 23.4. The molecule has 0 saturated carbocycles. The van der Waals surface area contributed by atoms with Gasteiger partial charge in [-0.25, -0.2) is 0 Å². The molecule has 0 bridgehead atoms. The Kier molecular flexibility index (Phi) is 9.88. The predicted octanol–water partition coefficient (Wildman–Crippen LogP) is 6.02. The molecule has 8 nitrogen and oxygen atoms in total. The van der Waals surface area contributed by atoms with Gasteiger partial charge in [0.2, 0.25) is 0 Å². The average molecular weight is 563 g/mol. The molecule has 0 unspecified atom stereocenters. The lowest BCUT2D eigenvalue weighted by Crippen LogP contribution is -2.30. The van der Waals surface area contributed by atoms with Gasteiger partial charge in [0.25, 0.3) is 11.8 Å². The van der Waals surface area contributed by atoms with Gasteiger partial charge in [-0.1, -0.05) is 30.3 Å². The van der Waals surface area contributed by atoms with E-state index in [1.54, 1.807) is 131 Å². The number of ether oxygens (including phenoxy) is 3. The van der Waals surface area contributed by atoms with Gasteiger partial charge in [0, 0.05) is 22.4 Å². The minimum absolute atomic E-state index is 0.0457. The third-order valence-electron chi connectivity index (χ3n) is 6.23. The maximum atomic E-state index is 13.3. The Labute approximate surface area is 244 Å². The molecular weight excluding hydrogens is 532 g/mol. The van der Waals surface area contributed by atoms with Crippen molar-refractivity contribution in [3.05, 3.63) is 131 Å². The highest BCUT2D eigenvalue weighted by molar-refractivity contribution is 6.11. The molecule has 0 heterocycles. The van der Waals surface area contributed by atoms with E-state index in [1.165, 1.54) is 6.08 Å². The van der Waals surface area contributed by atoms with Crippen LogP contribution in [0.4, 0.5) is 5.69 Å². The molecule has 2 amide bonds. The van der Waals surface area contributed by atoms with E-state index < -0.39 is 11.8 Å². The molecule has 4 aromatic rings. The van der Waals surface area contributed by atoms with E-state index in [0.29, 0.717) is 45.2 Å². The van der Waals surface area contributed by atoms with Gasteiger partial charge < -0.3 is 24.8 Å². The number of carbonyl (C=O) groups excluding carboxylic acids is 3. The van der Waals surface area contributed by atoms with Crippen molar-refractivity contribution in [2.75, 3.05) is 26.6 Å². The number of rotatable bonds is 11. The fourth-order valence-corrected chi connectivity index (χ4v) is 3.96. The molecule has 4 aromatic carbocycles. The van der Waals surface area contributed by atoms with Gasteiger partial charge >= 0.3 is 0 Å². The van der Waals surface area contributed by atoms with Crippen LogP contribution < -0.4 is 24.8 Å². The summed E-state index contributed by atoms with van der Waals surface area (Å²) in [4.78, 5) is 38.9. The lowest BCUT2D eigenvalue weighted by molar-refractivity contribution is -0.113. The number of methoxy groups -OCH3 is 3. The fourth-order valence-electron chi connectivity index (χ4n) is 3.96. The van der Waals surface area contributed by atoms with Crippen molar-refractivity contribution >= 4 is 35.4 Å². The highest BCUT2D eigenvalue weighted by Gasteiger charge is 2.15. The molecule has 0 aliphatic heterocycles. The van der Waals surface area contributed by atoms with Gasteiger partial charge in [-0.15, -0.1) is 0 Å². The normalized spacial score (nSPS) is 11.1. The Morgan fingerprint density at radius 2 is 1.36 bits per heavy atom. The zero-order chi connectivity index (χ0) is 29.9. The summed E-state index contributed by atoms with van der Waals surface area (Å²) in [5, 5.41) is 5.49. The Balaban J connectivity index is 1.50. The summed E-state index contributed by atoms with van der Waals surface area (Å²) in [5.74, 6) is 0.732. The molecule has 4 rings (SSSR count). The lowest BCUT2D eigenvalue weighted by Gasteiger charge is -2.12. The maximum absolute atomic E-state index is 13.3. The molecule has 0 atom stereocenters. The van der Waals surface area contributed by atoms with Crippen molar-refractivity contribution in [3.63, 3.8) is 0 Å². The minimum atomic E-state index is -0.529. The molecule has 0 aliphatic rings. The Morgan fingerprint density at radius 3 is 2.00 bits per heavy atom. The molecule has 0 radical (unpaired) electrons. The van der Waals surface area contributed by atoms with Crippen LogP contribution in [0.3, 0.4) is 0 Å². The zero-order valence-electron chi connectivity index (χ0n) is 23.4. The van der Waals surface area contributed by atoms with E-state index in [9.17, 15) is 14.4 Å². The average Bonchev–Trinajstić information content (AvgIpc) is 3.04. The molecule has 8 heteroatoms. The third kappa shape index (κ3) is 7.73. The van der Waals surface area contributed by atoms with Crippen molar-refractivity contribution in [1.82, 2.24) is 5.32 Å². The summed E-state index contributed by atoms with van der Waals surface area (Å²) in [7, 11) is 4.69. The molecule has 0 aliphatic carbocycles. The molecule has 2 N–H and O–H groups in total. The number of amides is 2. The monoisotopic (exact) mass is 562 g/mol. The Hall–Kier alpha value is -5.63. The van der Waals surface area contributed by atoms with E-state index in [0.717, 1.165) is 0 Å². The van der Waals surface area contributed by atoms with E-state index in [2.05, 4.69) is 10.6 Å². The van der Waals surface area contributed by atoms with Crippen LogP contribution in [0.2, 0.25) is 0 Å². The molecule has 42 heavy (non-hydrogen) atoms. The van der Waals surface area contributed by atoms with Gasteiger partial charge in [-0.3, -0.25) is 14.4 Å². The summed E-state index contributed by atoms with van der Waals surface area (Å²) < 4.78 is 15.8. The molecule has 0 spiro atoms. The standard InChI is InChI=1S/C34H30N2O6/c1-40-28-16-9-23(10-17-28)21-30(36-33(38)25-7-5-4-6-8-25)34(39)35-27-14-11-24(12-15-27)31(37)19-13-26-22-29(41-2)18-20-32(26)42-3/h4-22H,1-3H3,(H,35,39)(H,36,38)/b19-13+,30-21-. The van der Waals surface area contributed by atoms with E-state index >= 15 is 0 Å². The number of anilines is 1. The first-order chi connectivity index (χ1) is 20.4. The number of hydrogen-bond acceptors (Lipinski definition) is 6. The Bertz CT molecular complexity index is 1610. The minimum Gasteiger partial charge on any atom is -0.497 e. The highest BCUT2D eigenvalue weighted by Crippen LogP contribution is 2.25. The summed E-state index contributed by atoms with van der Waals surface area (Å²) >= 11 is 0. The number of allylic oxidation sites excluding steroid dienone is 1. The maximum Gasteiger partial charge on any atom is 0.272 e. The number of ketones is 1. The van der Waals surface area contributed by atoms with Crippen LogP contribution in [0, 0.1) is 0 Å². The van der Waals surface area contributed by atoms with Gasteiger partial charge in [-0.2, -0.15) is 0 Å². The molecular formula is C34H30N2O6. The van der Waals surface area contributed by atoms with Crippen molar-refractivity contribution in [3.8, 4) is 17.2 Å². The fraction of sp³-hybridized carbons (Fsp3) is 0.0882. The quantitative estimate of drug-likeness (QED) is 0.171. The molecule has 0 saturated heterocycles. The van der Waals surface area contributed by atoms with Crippen LogP contribution in [0.15, 0.2) is 109 Å². The second-order valence-electron chi connectivity index (χ2n) is 8.99. The van der Waals surface area contributed by atoms with Crippen molar-refractivity contribution < 1.29 is 28.6 Å². The van der Waals surface area contributed by atoms with Crippen LogP contribution >= 0.6 is 0 Å². The van der Waals surface area contributed by atoms with E-state index in [4.69, 9.17) is 14.2 Å². The van der Waals surface area contributed by atoms with Crippen molar-refractivity contribution in [2.24, 2.45) is 0 Å². The first kappa shape index (κ1) is 29.4. The van der Waals surface area contributed by atoms with Gasteiger partial charge in [0.1, 0.15) is 22.9 Å². The van der Waals surface area contributed by atoms with E-state index in [-0.39, 0.29) is 11.5 Å². The summed E-state index contributed by atoms with van der Waals surface area (Å²) in [6.07, 6.45) is 4.68. The number of nitrogens with one attached hydrogen (secondary N) is 2. The smallest absolute Gasteiger partial charge is 0.272 e. The molecule has 212 valence electrons. The second-order valence-corrected chi connectivity index (χ2v) is 8.99. The Morgan fingerprint density at radius 1 is 0.690 bits per heavy atom. The first-order valence-corrected chi connectivity index (χ1v) is 13.0. The SMILES string of the molecule is COc1ccc(/C=C(\NC(=O)c2ccccc2)C(=O)Nc2ccc(C(=O)/C=C/c3cc(OC)ccc3OC)cc2)cc1. The van der Waals surface area contributed by atoms with Gasteiger partial charge in [0.05, 0.1) is 21.3 Å². The predicted molar refractivity (Wildman–Crippen MR) is 163 cm³/mol. The van der Waals surface area contributed by atoms with Crippen molar-refractivity contribution in [2.45, 2.75) is 0 Å². The van der Waals surface area contributed by atoms with Crippen LogP contribution in [-0.2, 0) is 4.79 Å². The van der Waals surface area contributed by atoms with Crippen LogP contribution in [0.25, 0.3) is 12.2 Å². The van der Waals surface area contributed by atoms with E-state index in [1.807, 2.05) is 0 Å². The van der Waals surface area contributed by atoms with Crippen molar-refractivity contribution in [1.29, 1.82) is 0 Å². The second kappa shape index (κ2) is 14.1. The number of carbonyl (C=O) groups is 3. The molecule has 0 aromatic heterocycles. The lowest BCUT2D eigenvalue weighted by atomic mass is 10.1. The largest absolute Gasteiger partial charge is 0.497 e. The summed E-state index contributed by atoms with van der Waals surface area (Å²) in [5.41, 5.74) is 2.72. The van der Waals surface area contributed by atoms with Crippen LogP contribution in [0.1, 0.15) is 31.8 Å². The highest BCUT2D eigenvalue weighted by atomic mass is 16.5. The summed E-state index contributed by atoms with van der Waals surface area (Å²) in [6.45, 7) is 0. The first-order valence-electron chi connectivity index (χ1n) is 13.0. The van der Waals surface area contributed by atoms with Gasteiger partial charge in [-0.05, 0) is 90.5 Å². The van der Waals surface area contributed by atoms with Crippen LogP contribution in [-0.4, -0.2) is 38.9 Å². The number of hydrogen-bond donors (Lipinski definition) is 2. The number of benzene rings is 4. The van der Waals surface area contributed by atoms with Gasteiger partial charge in [0.15, 0.2) is 5.78 Å². The topological polar surface area (TPSA) is 103 Å².